The average molecular weight is 273 g/mol. The van der Waals surface area contributed by atoms with E-state index in [9.17, 15) is 4.79 Å². The molecule has 0 bridgehead atoms. The molecule has 0 atom stereocenters. The Morgan fingerprint density at radius 1 is 1.25 bits per heavy atom. The van der Waals surface area contributed by atoms with Crippen LogP contribution < -0.4 is 4.74 Å². The van der Waals surface area contributed by atoms with Crippen LogP contribution in [0.1, 0.15) is 15.9 Å². The van der Waals surface area contributed by atoms with Crippen molar-refractivity contribution in [1.29, 1.82) is 0 Å². The minimum Gasteiger partial charge on any atom is -0.477 e. The van der Waals surface area contributed by atoms with Crippen molar-refractivity contribution in [3.8, 4) is 11.6 Å². The van der Waals surface area contributed by atoms with Crippen LogP contribution in [-0.4, -0.2) is 29.8 Å². The van der Waals surface area contributed by atoms with Gasteiger partial charge in [-0.05, 0) is 36.2 Å². The van der Waals surface area contributed by atoms with Crippen molar-refractivity contribution in [1.82, 2.24) is 4.98 Å². The van der Waals surface area contributed by atoms with Gasteiger partial charge in [-0.3, -0.25) is 0 Å². The first-order valence-electron chi connectivity index (χ1n) is 6.14. The third-order valence-corrected chi connectivity index (χ3v) is 2.73. The van der Waals surface area contributed by atoms with Gasteiger partial charge in [0.1, 0.15) is 11.3 Å². The summed E-state index contributed by atoms with van der Waals surface area (Å²) in [6.07, 6.45) is 2.31. The van der Waals surface area contributed by atoms with Crippen LogP contribution in [0.2, 0.25) is 0 Å². The Hall–Kier alpha value is -2.40. The number of nitrogens with zero attached hydrogens (tertiary/aromatic N) is 1. The standard InChI is InChI=1S/C15H15NO4/c1-19-10-8-11-4-6-12(7-5-11)20-14-13(15(17)18)3-2-9-16-14/h2-7,9H,8,10H2,1H3,(H,17,18). The van der Waals surface area contributed by atoms with Crippen LogP contribution in [0.25, 0.3) is 0 Å². The zero-order chi connectivity index (χ0) is 14.4. The Morgan fingerprint density at radius 3 is 2.65 bits per heavy atom. The Balaban J connectivity index is 2.12. The molecule has 0 fully saturated rings. The third kappa shape index (κ3) is 3.55. The molecule has 5 nitrogen and oxygen atoms in total. The number of carboxylic acid groups (broad SMARTS) is 1. The summed E-state index contributed by atoms with van der Waals surface area (Å²) in [4.78, 5) is 15.0. The van der Waals surface area contributed by atoms with E-state index in [0.29, 0.717) is 12.4 Å². The number of ether oxygens (including phenoxy) is 2. The van der Waals surface area contributed by atoms with Crippen LogP contribution in [0.5, 0.6) is 11.6 Å². The van der Waals surface area contributed by atoms with E-state index in [1.807, 2.05) is 12.1 Å². The second-order valence-corrected chi connectivity index (χ2v) is 4.15. The maximum atomic E-state index is 11.1. The smallest absolute Gasteiger partial charge is 0.341 e. The summed E-state index contributed by atoms with van der Waals surface area (Å²) < 4.78 is 10.5. The van der Waals surface area contributed by atoms with Gasteiger partial charge >= 0.3 is 5.97 Å². The number of pyridine rings is 1. The second kappa shape index (κ2) is 6.68. The summed E-state index contributed by atoms with van der Waals surface area (Å²) in [5, 5.41) is 9.05. The first kappa shape index (κ1) is 14.0. The Morgan fingerprint density at radius 2 is 2.00 bits per heavy atom. The van der Waals surface area contributed by atoms with E-state index < -0.39 is 5.97 Å². The van der Waals surface area contributed by atoms with E-state index in [-0.39, 0.29) is 11.4 Å². The summed E-state index contributed by atoms with van der Waals surface area (Å²) in [7, 11) is 1.66. The maximum Gasteiger partial charge on any atom is 0.341 e. The number of hydrogen-bond donors (Lipinski definition) is 1. The van der Waals surface area contributed by atoms with Gasteiger partial charge in [0.25, 0.3) is 0 Å². The molecule has 0 aliphatic carbocycles. The van der Waals surface area contributed by atoms with Crippen molar-refractivity contribution < 1.29 is 19.4 Å². The van der Waals surface area contributed by atoms with E-state index in [0.717, 1.165) is 12.0 Å². The maximum absolute atomic E-state index is 11.1. The molecule has 5 heteroatoms. The zero-order valence-corrected chi connectivity index (χ0v) is 11.1. The zero-order valence-electron chi connectivity index (χ0n) is 11.1. The molecule has 1 aromatic heterocycles. The first-order chi connectivity index (χ1) is 9.70. The number of methoxy groups -OCH3 is 1. The fourth-order valence-corrected chi connectivity index (χ4v) is 1.69. The molecule has 0 amide bonds. The van der Waals surface area contributed by atoms with Crippen LogP contribution in [0.4, 0.5) is 0 Å². The van der Waals surface area contributed by atoms with E-state index in [1.165, 1.54) is 12.3 Å². The lowest BCUT2D eigenvalue weighted by atomic mass is 10.1. The van der Waals surface area contributed by atoms with Gasteiger partial charge in [0.05, 0.1) is 6.61 Å². The fraction of sp³-hybridized carbons (Fsp3) is 0.200. The topological polar surface area (TPSA) is 68.7 Å². The molecule has 20 heavy (non-hydrogen) atoms. The number of benzene rings is 1. The van der Waals surface area contributed by atoms with Crippen molar-refractivity contribution in [2.45, 2.75) is 6.42 Å². The summed E-state index contributed by atoms with van der Waals surface area (Å²) >= 11 is 0. The first-order valence-corrected chi connectivity index (χ1v) is 6.14. The lowest BCUT2D eigenvalue weighted by Crippen LogP contribution is -2.01. The predicted octanol–water partition coefficient (Wildman–Crippen LogP) is 2.76. The second-order valence-electron chi connectivity index (χ2n) is 4.15. The minimum absolute atomic E-state index is 0.0379. The highest BCUT2D eigenvalue weighted by Gasteiger charge is 2.12. The van der Waals surface area contributed by atoms with Crippen molar-refractivity contribution in [2.75, 3.05) is 13.7 Å². The van der Waals surface area contributed by atoms with Crippen molar-refractivity contribution in [3.05, 3.63) is 53.7 Å². The van der Waals surface area contributed by atoms with Gasteiger partial charge in [0, 0.05) is 13.3 Å². The van der Waals surface area contributed by atoms with E-state index >= 15 is 0 Å². The summed E-state index contributed by atoms with van der Waals surface area (Å²) in [5.74, 6) is -0.429. The lowest BCUT2D eigenvalue weighted by Gasteiger charge is -2.08. The van der Waals surface area contributed by atoms with Crippen molar-refractivity contribution in [3.63, 3.8) is 0 Å². The van der Waals surface area contributed by atoms with Gasteiger partial charge in [-0.1, -0.05) is 12.1 Å². The number of hydrogen-bond acceptors (Lipinski definition) is 4. The van der Waals surface area contributed by atoms with Gasteiger partial charge in [-0.25, -0.2) is 9.78 Å². The molecule has 0 radical (unpaired) electrons. The Labute approximate surface area is 116 Å². The quantitative estimate of drug-likeness (QED) is 0.876. The molecule has 0 saturated heterocycles. The van der Waals surface area contributed by atoms with Gasteiger partial charge < -0.3 is 14.6 Å². The Bertz CT molecular complexity index is 581. The lowest BCUT2D eigenvalue weighted by molar-refractivity contribution is 0.0693. The number of aromatic nitrogens is 1. The van der Waals surface area contributed by atoms with Gasteiger partial charge in [-0.15, -0.1) is 0 Å². The van der Waals surface area contributed by atoms with E-state index in [4.69, 9.17) is 14.6 Å². The molecule has 1 heterocycles. The Kier molecular flexibility index (Phi) is 4.68. The molecule has 104 valence electrons. The molecule has 0 aliphatic heterocycles. The predicted molar refractivity (Wildman–Crippen MR) is 73.3 cm³/mol. The monoisotopic (exact) mass is 273 g/mol. The van der Waals surface area contributed by atoms with E-state index in [1.54, 1.807) is 25.3 Å². The van der Waals surface area contributed by atoms with Crippen molar-refractivity contribution in [2.24, 2.45) is 0 Å². The molecular weight excluding hydrogens is 258 g/mol. The minimum atomic E-state index is -1.06. The summed E-state index contributed by atoms with van der Waals surface area (Å²) in [5.41, 5.74) is 1.16. The van der Waals surface area contributed by atoms with Crippen LogP contribution in [-0.2, 0) is 11.2 Å². The van der Waals surface area contributed by atoms with Gasteiger partial charge in [0.15, 0.2) is 0 Å². The number of carboxylic acids is 1. The largest absolute Gasteiger partial charge is 0.477 e. The van der Waals surface area contributed by atoms with Crippen LogP contribution >= 0.6 is 0 Å². The summed E-state index contributed by atoms with van der Waals surface area (Å²) in [6.45, 7) is 0.656. The molecule has 0 saturated carbocycles. The molecule has 0 unspecified atom stereocenters. The molecule has 1 aromatic carbocycles. The molecule has 1 N–H and O–H groups in total. The SMILES string of the molecule is COCCc1ccc(Oc2ncccc2C(=O)O)cc1. The number of carbonyl (C=O) groups is 1. The molecule has 0 aliphatic rings. The van der Waals surface area contributed by atoms with Crippen LogP contribution in [0.15, 0.2) is 42.6 Å². The van der Waals surface area contributed by atoms with Crippen molar-refractivity contribution >= 4 is 5.97 Å². The highest BCUT2D eigenvalue weighted by atomic mass is 16.5. The highest BCUT2D eigenvalue weighted by Crippen LogP contribution is 2.23. The molecular formula is C15H15NO4. The summed E-state index contributed by atoms with van der Waals surface area (Å²) in [6, 6.07) is 10.4. The molecule has 2 aromatic rings. The molecule has 0 spiro atoms. The number of aromatic carboxylic acids is 1. The van der Waals surface area contributed by atoms with Crippen LogP contribution in [0.3, 0.4) is 0 Å². The third-order valence-electron chi connectivity index (χ3n) is 2.73. The van der Waals surface area contributed by atoms with E-state index in [2.05, 4.69) is 4.98 Å². The molecule has 2 rings (SSSR count). The number of rotatable bonds is 6. The average Bonchev–Trinajstić information content (AvgIpc) is 2.47. The fourth-order valence-electron chi connectivity index (χ4n) is 1.69. The van der Waals surface area contributed by atoms with Gasteiger partial charge in [0.2, 0.25) is 5.88 Å². The van der Waals surface area contributed by atoms with Crippen LogP contribution in [0, 0.1) is 0 Å². The highest BCUT2D eigenvalue weighted by molar-refractivity contribution is 5.90. The normalized spacial score (nSPS) is 10.2. The van der Waals surface area contributed by atoms with Gasteiger partial charge in [-0.2, -0.15) is 0 Å².